The highest BCUT2D eigenvalue weighted by molar-refractivity contribution is 6.28. The number of nitro groups is 1. The second-order valence-corrected chi connectivity index (χ2v) is 4.05. The number of aromatic nitrogens is 4. The molecule has 0 amide bonds. The van der Waals surface area contributed by atoms with Gasteiger partial charge in [0.1, 0.15) is 7.05 Å². The van der Waals surface area contributed by atoms with Gasteiger partial charge in [0.25, 0.3) is 0 Å². The van der Waals surface area contributed by atoms with Crippen LogP contribution in [0.4, 0.5) is 11.9 Å². The molecule has 19 heavy (non-hydrogen) atoms. The van der Waals surface area contributed by atoms with Crippen molar-refractivity contribution in [3.8, 4) is 0 Å². The Balaban J connectivity index is 2.11. The third-order valence-corrected chi connectivity index (χ3v) is 2.43. The van der Waals surface area contributed by atoms with Crippen molar-refractivity contribution in [2.75, 3.05) is 5.32 Å². The average Bonchev–Trinajstić information content (AvgIpc) is 2.37. The molecule has 2 aromatic heterocycles. The van der Waals surface area contributed by atoms with Gasteiger partial charge in [0.15, 0.2) is 12.4 Å². The second kappa shape index (κ2) is 5.53. The molecular weight excluding hydrogens is 272 g/mol. The number of nitrogens with zero attached hydrogens (tertiary/aromatic N) is 5. The minimum atomic E-state index is -0.721. The van der Waals surface area contributed by atoms with Gasteiger partial charge in [0.05, 0.1) is 0 Å². The minimum Gasteiger partial charge on any atom is -0.390 e. The van der Waals surface area contributed by atoms with Crippen LogP contribution in [0.2, 0.25) is 5.28 Å². The summed E-state index contributed by atoms with van der Waals surface area (Å²) in [5.41, 5.74) is 0.984. The Morgan fingerprint density at radius 2 is 2.05 bits per heavy atom. The van der Waals surface area contributed by atoms with Gasteiger partial charge < -0.3 is 15.4 Å². The van der Waals surface area contributed by atoms with E-state index in [9.17, 15) is 10.1 Å². The molecule has 0 radical (unpaired) electrons. The van der Waals surface area contributed by atoms with Crippen LogP contribution in [0.25, 0.3) is 0 Å². The molecule has 0 saturated carbocycles. The quantitative estimate of drug-likeness (QED) is 0.507. The molecule has 0 aliphatic rings. The molecule has 0 saturated heterocycles. The van der Waals surface area contributed by atoms with Gasteiger partial charge in [-0.25, -0.2) is 4.57 Å². The fourth-order valence-electron chi connectivity index (χ4n) is 1.33. The number of hydrogen-bond acceptors (Lipinski definition) is 6. The third-order valence-electron chi connectivity index (χ3n) is 2.26. The molecule has 2 aromatic rings. The summed E-state index contributed by atoms with van der Waals surface area (Å²) in [5, 5.41) is 13.2. The van der Waals surface area contributed by atoms with Crippen LogP contribution in [0.3, 0.4) is 0 Å². The molecule has 0 fully saturated rings. The number of rotatable bonds is 4. The van der Waals surface area contributed by atoms with E-state index in [1.165, 1.54) is 0 Å². The molecule has 2 rings (SSSR count). The van der Waals surface area contributed by atoms with E-state index in [4.69, 9.17) is 11.6 Å². The van der Waals surface area contributed by atoms with Crippen molar-refractivity contribution in [1.82, 2.24) is 15.0 Å². The SMILES string of the molecule is C[n+]1ccc(CNc2nc(Cl)nc([N+](=O)[O-])n2)cc1. The Bertz CT molecular complexity index is 603. The summed E-state index contributed by atoms with van der Waals surface area (Å²) in [4.78, 5) is 20.7. The van der Waals surface area contributed by atoms with E-state index in [-0.39, 0.29) is 11.2 Å². The molecule has 8 nitrogen and oxygen atoms in total. The van der Waals surface area contributed by atoms with E-state index in [1.54, 1.807) is 0 Å². The van der Waals surface area contributed by atoms with E-state index >= 15 is 0 Å². The summed E-state index contributed by atoms with van der Waals surface area (Å²) in [7, 11) is 1.91. The molecule has 0 aliphatic carbocycles. The van der Waals surface area contributed by atoms with Gasteiger partial charge >= 0.3 is 17.2 Å². The molecule has 9 heteroatoms. The summed E-state index contributed by atoms with van der Waals surface area (Å²) >= 11 is 5.59. The number of pyridine rings is 1. The Morgan fingerprint density at radius 3 is 2.68 bits per heavy atom. The van der Waals surface area contributed by atoms with Crippen molar-refractivity contribution in [2.45, 2.75) is 6.54 Å². The highest BCUT2D eigenvalue weighted by Crippen LogP contribution is 2.11. The molecule has 2 heterocycles. The highest BCUT2D eigenvalue weighted by atomic mass is 35.5. The summed E-state index contributed by atoms with van der Waals surface area (Å²) in [6.07, 6.45) is 3.78. The summed E-state index contributed by atoms with van der Waals surface area (Å²) in [6, 6.07) is 3.81. The van der Waals surface area contributed by atoms with Crippen molar-refractivity contribution in [1.29, 1.82) is 0 Å². The molecule has 0 aromatic carbocycles. The molecule has 1 N–H and O–H groups in total. The topological polar surface area (TPSA) is 97.7 Å². The first kappa shape index (κ1) is 13.1. The van der Waals surface area contributed by atoms with E-state index in [1.807, 2.05) is 36.1 Å². The summed E-state index contributed by atoms with van der Waals surface area (Å²) in [5.74, 6) is -0.512. The highest BCUT2D eigenvalue weighted by Gasteiger charge is 2.16. The van der Waals surface area contributed by atoms with Crippen LogP contribution >= 0.6 is 11.6 Å². The smallest absolute Gasteiger partial charge is 0.390 e. The Kier molecular flexibility index (Phi) is 3.81. The zero-order valence-electron chi connectivity index (χ0n) is 9.95. The standard InChI is InChI=1S/C10H10ClN6O2/c1-16-4-2-7(3-5-16)6-12-9-13-8(11)14-10(15-9)17(18)19/h2-5H,6H2,1H3,(H,12,13,14,15)/q+1. The van der Waals surface area contributed by atoms with Crippen LogP contribution in [-0.2, 0) is 13.6 Å². The van der Waals surface area contributed by atoms with Gasteiger partial charge in [-0.1, -0.05) is 0 Å². The number of nitrogens with one attached hydrogen (secondary N) is 1. The lowest BCUT2D eigenvalue weighted by Crippen LogP contribution is -2.26. The Hall–Kier alpha value is -2.35. The fourth-order valence-corrected chi connectivity index (χ4v) is 1.49. The monoisotopic (exact) mass is 281 g/mol. The third kappa shape index (κ3) is 3.55. The van der Waals surface area contributed by atoms with E-state index in [2.05, 4.69) is 20.3 Å². The van der Waals surface area contributed by atoms with Crippen molar-refractivity contribution in [2.24, 2.45) is 7.05 Å². The van der Waals surface area contributed by atoms with Crippen molar-refractivity contribution in [3.05, 3.63) is 45.5 Å². The van der Waals surface area contributed by atoms with E-state index < -0.39 is 10.9 Å². The van der Waals surface area contributed by atoms with Crippen molar-refractivity contribution >= 4 is 23.5 Å². The Labute approximate surface area is 113 Å². The zero-order valence-corrected chi connectivity index (χ0v) is 10.7. The van der Waals surface area contributed by atoms with Crippen molar-refractivity contribution in [3.63, 3.8) is 0 Å². The number of halogens is 1. The minimum absolute atomic E-state index is 0.0694. The number of hydrogen-bond donors (Lipinski definition) is 1. The lowest BCUT2D eigenvalue weighted by atomic mass is 10.3. The molecule has 0 spiro atoms. The number of aryl methyl sites for hydroxylation is 1. The first-order valence-electron chi connectivity index (χ1n) is 5.28. The van der Waals surface area contributed by atoms with Crippen LogP contribution in [0.1, 0.15) is 5.56 Å². The van der Waals surface area contributed by atoms with Crippen LogP contribution in [0.5, 0.6) is 0 Å². The lowest BCUT2D eigenvalue weighted by Gasteiger charge is -2.01. The van der Waals surface area contributed by atoms with Gasteiger partial charge in [0, 0.05) is 18.7 Å². The second-order valence-electron chi connectivity index (χ2n) is 3.71. The van der Waals surface area contributed by atoms with E-state index in [0.29, 0.717) is 6.54 Å². The predicted octanol–water partition coefficient (Wildman–Crippen LogP) is 0.870. The normalized spacial score (nSPS) is 10.2. The van der Waals surface area contributed by atoms with Crippen LogP contribution in [-0.4, -0.2) is 19.9 Å². The molecule has 0 atom stereocenters. The maximum Gasteiger partial charge on any atom is 0.475 e. The lowest BCUT2D eigenvalue weighted by molar-refractivity contribution is -0.671. The van der Waals surface area contributed by atoms with E-state index in [0.717, 1.165) is 5.56 Å². The maximum absolute atomic E-state index is 10.6. The largest absolute Gasteiger partial charge is 0.475 e. The molecule has 0 bridgehead atoms. The first-order chi connectivity index (χ1) is 9.04. The average molecular weight is 282 g/mol. The summed E-state index contributed by atoms with van der Waals surface area (Å²) in [6.45, 7) is 0.429. The molecular formula is C10H10ClN6O2+. The van der Waals surface area contributed by atoms with Gasteiger partial charge in [-0.05, 0) is 32.1 Å². The van der Waals surface area contributed by atoms with Crippen LogP contribution < -0.4 is 9.88 Å². The first-order valence-corrected chi connectivity index (χ1v) is 5.66. The summed E-state index contributed by atoms with van der Waals surface area (Å²) < 4.78 is 1.90. The van der Waals surface area contributed by atoms with Crippen LogP contribution in [0, 0.1) is 10.1 Å². The van der Waals surface area contributed by atoms with Gasteiger partial charge in [-0.15, -0.1) is 0 Å². The zero-order chi connectivity index (χ0) is 13.8. The molecule has 0 unspecified atom stereocenters. The molecule has 0 aliphatic heterocycles. The predicted molar refractivity (Wildman–Crippen MR) is 66.4 cm³/mol. The van der Waals surface area contributed by atoms with Crippen molar-refractivity contribution < 1.29 is 9.49 Å². The Morgan fingerprint density at radius 1 is 1.37 bits per heavy atom. The number of anilines is 1. The maximum atomic E-state index is 10.6. The van der Waals surface area contributed by atoms with Gasteiger partial charge in [0.2, 0.25) is 0 Å². The van der Waals surface area contributed by atoms with Crippen LogP contribution in [0.15, 0.2) is 24.5 Å². The van der Waals surface area contributed by atoms with Gasteiger partial charge in [-0.2, -0.15) is 4.98 Å². The molecule has 98 valence electrons. The fraction of sp³-hybridized carbons (Fsp3) is 0.200. The van der Waals surface area contributed by atoms with Gasteiger partial charge in [-0.3, -0.25) is 0 Å².